The molecule has 0 radical (unpaired) electrons. The Kier molecular flexibility index (Phi) is 3.99. The van der Waals surface area contributed by atoms with Crippen LogP contribution < -0.4 is 5.32 Å². The first-order chi connectivity index (χ1) is 8.22. The van der Waals surface area contributed by atoms with E-state index in [0.29, 0.717) is 33.9 Å². The van der Waals surface area contributed by atoms with E-state index < -0.39 is 0 Å². The number of aromatic nitrogens is 2. The van der Waals surface area contributed by atoms with Crippen LogP contribution in [0, 0.1) is 0 Å². The van der Waals surface area contributed by atoms with Crippen molar-refractivity contribution in [2.24, 2.45) is 0 Å². The quantitative estimate of drug-likeness (QED) is 0.928. The normalized spacial score (nSPS) is 10.8. The number of hydrogen-bond acceptors (Lipinski definition) is 4. The highest BCUT2D eigenvalue weighted by molar-refractivity contribution is 6.38. The van der Waals surface area contributed by atoms with Gasteiger partial charge in [-0.3, -0.25) is 0 Å². The summed E-state index contributed by atoms with van der Waals surface area (Å²) in [5, 5.41) is 11.9. The highest BCUT2D eigenvalue weighted by atomic mass is 35.5. The Morgan fingerprint density at radius 1 is 1.24 bits per heavy atom. The lowest BCUT2D eigenvalue weighted by molar-refractivity contribution is 0.482. The Morgan fingerprint density at radius 2 is 1.94 bits per heavy atom. The molecule has 1 N–H and O–H groups in total. The largest absolute Gasteiger partial charge is 0.419 e. The minimum atomic E-state index is 0.341. The third kappa shape index (κ3) is 2.77. The molecule has 0 aliphatic heterocycles. The maximum Gasteiger partial charge on any atom is 0.250 e. The Morgan fingerprint density at radius 3 is 2.59 bits per heavy atom. The van der Waals surface area contributed by atoms with Crippen molar-refractivity contribution < 1.29 is 4.42 Å². The molecule has 17 heavy (non-hydrogen) atoms. The van der Waals surface area contributed by atoms with Crippen molar-refractivity contribution in [1.29, 1.82) is 0 Å². The van der Waals surface area contributed by atoms with Gasteiger partial charge in [0.05, 0.1) is 22.2 Å². The van der Waals surface area contributed by atoms with Gasteiger partial charge in [0.2, 0.25) is 5.89 Å². The standard InChI is InChI=1S/C11H11Cl2N3O/c1-2-14-6-9-15-16-11(17-9)10-7(12)4-3-5-8(10)13/h3-5,14H,2,6H2,1H3. The summed E-state index contributed by atoms with van der Waals surface area (Å²) in [5.74, 6) is 0.853. The smallest absolute Gasteiger partial charge is 0.250 e. The second-order valence-corrected chi connectivity index (χ2v) is 4.19. The van der Waals surface area contributed by atoms with Gasteiger partial charge in [-0.05, 0) is 18.7 Å². The lowest BCUT2D eigenvalue weighted by Crippen LogP contribution is -2.11. The zero-order valence-corrected chi connectivity index (χ0v) is 10.7. The Balaban J connectivity index is 2.30. The summed E-state index contributed by atoms with van der Waals surface area (Å²) in [4.78, 5) is 0. The highest BCUT2D eigenvalue weighted by Gasteiger charge is 2.14. The van der Waals surface area contributed by atoms with E-state index in [1.54, 1.807) is 18.2 Å². The second kappa shape index (κ2) is 5.49. The van der Waals surface area contributed by atoms with Gasteiger partial charge in [0.1, 0.15) is 0 Å². The first-order valence-corrected chi connectivity index (χ1v) is 5.95. The third-order valence-corrected chi connectivity index (χ3v) is 2.80. The van der Waals surface area contributed by atoms with E-state index in [1.807, 2.05) is 6.92 Å². The van der Waals surface area contributed by atoms with Crippen LogP contribution in [0.4, 0.5) is 0 Å². The van der Waals surface area contributed by atoms with Gasteiger partial charge in [0, 0.05) is 0 Å². The van der Waals surface area contributed by atoms with Crippen molar-refractivity contribution >= 4 is 23.2 Å². The minimum absolute atomic E-state index is 0.341. The predicted octanol–water partition coefficient (Wildman–Crippen LogP) is 3.15. The van der Waals surface area contributed by atoms with E-state index >= 15 is 0 Å². The Hall–Kier alpha value is -1.10. The van der Waals surface area contributed by atoms with Crippen LogP contribution in [0.15, 0.2) is 22.6 Å². The number of benzene rings is 1. The zero-order chi connectivity index (χ0) is 12.3. The molecule has 1 aromatic heterocycles. The van der Waals surface area contributed by atoms with Crippen LogP contribution in [0.1, 0.15) is 12.8 Å². The summed E-state index contributed by atoms with van der Waals surface area (Å²) >= 11 is 12.1. The molecule has 2 rings (SSSR count). The average Bonchev–Trinajstić information content (AvgIpc) is 2.75. The molecule has 0 unspecified atom stereocenters. The van der Waals surface area contributed by atoms with Crippen molar-refractivity contribution in [3.05, 3.63) is 34.1 Å². The molecular weight excluding hydrogens is 261 g/mol. The van der Waals surface area contributed by atoms with Crippen LogP contribution in [-0.4, -0.2) is 16.7 Å². The maximum absolute atomic E-state index is 6.05. The number of halogens is 2. The minimum Gasteiger partial charge on any atom is -0.419 e. The van der Waals surface area contributed by atoms with Crippen LogP contribution >= 0.6 is 23.2 Å². The number of nitrogens with zero attached hydrogens (tertiary/aromatic N) is 2. The van der Waals surface area contributed by atoms with Crippen molar-refractivity contribution in [3.63, 3.8) is 0 Å². The summed E-state index contributed by atoms with van der Waals surface area (Å²) in [6.45, 7) is 3.37. The third-order valence-electron chi connectivity index (χ3n) is 2.17. The molecule has 1 aromatic carbocycles. The van der Waals surface area contributed by atoms with Gasteiger partial charge in [-0.15, -0.1) is 10.2 Å². The molecule has 4 nitrogen and oxygen atoms in total. The van der Waals surface area contributed by atoms with Crippen molar-refractivity contribution in [1.82, 2.24) is 15.5 Å². The van der Waals surface area contributed by atoms with Crippen LogP contribution in [0.2, 0.25) is 10.0 Å². The van der Waals surface area contributed by atoms with E-state index in [1.165, 1.54) is 0 Å². The SMILES string of the molecule is CCNCc1nnc(-c2c(Cl)cccc2Cl)o1. The average molecular weight is 272 g/mol. The highest BCUT2D eigenvalue weighted by Crippen LogP contribution is 2.33. The summed E-state index contributed by atoms with van der Waals surface area (Å²) < 4.78 is 5.48. The summed E-state index contributed by atoms with van der Waals surface area (Å²) in [5.41, 5.74) is 0.575. The summed E-state index contributed by atoms with van der Waals surface area (Å²) in [7, 11) is 0. The predicted molar refractivity (Wildman–Crippen MR) is 67.1 cm³/mol. The fourth-order valence-corrected chi connectivity index (χ4v) is 1.92. The van der Waals surface area contributed by atoms with Crippen LogP contribution in [0.5, 0.6) is 0 Å². The molecule has 2 aromatic rings. The summed E-state index contributed by atoms with van der Waals surface area (Å²) in [6.07, 6.45) is 0. The van der Waals surface area contributed by atoms with Crippen LogP contribution in [0.25, 0.3) is 11.5 Å². The summed E-state index contributed by atoms with van der Waals surface area (Å²) in [6, 6.07) is 5.23. The molecule has 0 amide bonds. The van der Waals surface area contributed by atoms with Gasteiger partial charge >= 0.3 is 0 Å². The van der Waals surface area contributed by atoms with Gasteiger partial charge in [-0.25, -0.2) is 0 Å². The van der Waals surface area contributed by atoms with Crippen LogP contribution in [0.3, 0.4) is 0 Å². The molecule has 0 saturated heterocycles. The second-order valence-electron chi connectivity index (χ2n) is 3.38. The Labute approximate surface area is 109 Å². The van der Waals surface area contributed by atoms with E-state index in [2.05, 4.69) is 15.5 Å². The first kappa shape index (κ1) is 12.4. The van der Waals surface area contributed by atoms with Gasteiger partial charge in [-0.1, -0.05) is 36.2 Å². The van der Waals surface area contributed by atoms with E-state index in [-0.39, 0.29) is 0 Å². The molecule has 1 heterocycles. The molecule has 0 spiro atoms. The van der Waals surface area contributed by atoms with Gasteiger partial charge in [0.25, 0.3) is 5.89 Å². The molecule has 0 bridgehead atoms. The van der Waals surface area contributed by atoms with Crippen molar-refractivity contribution in [2.45, 2.75) is 13.5 Å². The zero-order valence-electron chi connectivity index (χ0n) is 9.20. The van der Waals surface area contributed by atoms with Crippen molar-refractivity contribution in [3.8, 4) is 11.5 Å². The first-order valence-electron chi connectivity index (χ1n) is 5.20. The molecule has 0 fully saturated rings. The topological polar surface area (TPSA) is 51.0 Å². The molecule has 0 saturated carbocycles. The lowest BCUT2D eigenvalue weighted by atomic mass is 10.2. The monoisotopic (exact) mass is 271 g/mol. The van der Waals surface area contributed by atoms with E-state index in [4.69, 9.17) is 27.6 Å². The molecule has 0 aliphatic carbocycles. The van der Waals surface area contributed by atoms with Gasteiger partial charge in [0.15, 0.2) is 0 Å². The number of rotatable bonds is 4. The van der Waals surface area contributed by atoms with Crippen LogP contribution in [-0.2, 0) is 6.54 Å². The lowest BCUT2D eigenvalue weighted by Gasteiger charge is -2.00. The number of nitrogens with one attached hydrogen (secondary N) is 1. The molecule has 0 atom stereocenters. The van der Waals surface area contributed by atoms with Crippen molar-refractivity contribution in [2.75, 3.05) is 6.54 Å². The Bertz CT molecular complexity index is 493. The van der Waals surface area contributed by atoms with Gasteiger partial charge < -0.3 is 9.73 Å². The molecular formula is C11H11Cl2N3O. The fourth-order valence-electron chi connectivity index (χ4n) is 1.36. The van der Waals surface area contributed by atoms with E-state index in [0.717, 1.165) is 6.54 Å². The maximum atomic E-state index is 6.05. The van der Waals surface area contributed by atoms with E-state index in [9.17, 15) is 0 Å². The molecule has 90 valence electrons. The fraction of sp³-hybridized carbons (Fsp3) is 0.273. The molecule has 6 heteroatoms. The molecule has 0 aliphatic rings. The van der Waals surface area contributed by atoms with Gasteiger partial charge in [-0.2, -0.15) is 0 Å². The number of hydrogen-bond donors (Lipinski definition) is 1.